The average molecular weight is 279 g/mol. The van der Waals surface area contributed by atoms with E-state index in [1.54, 1.807) is 0 Å². The standard InChI is InChI=1S/C16H29N3O/c17-16(8-3-1-4-9-16)12-15(20)18-13-7-11-19-10-5-2-6-14(13)19/h13-14H,1-12,17H2,(H,18,20). The molecular formula is C16H29N3O. The lowest BCUT2D eigenvalue weighted by Crippen LogP contribution is -2.50. The van der Waals surface area contributed by atoms with Crippen LogP contribution in [0, 0.1) is 0 Å². The number of hydrogen-bond donors (Lipinski definition) is 2. The Morgan fingerprint density at radius 3 is 2.70 bits per heavy atom. The van der Waals surface area contributed by atoms with Crippen molar-refractivity contribution in [1.29, 1.82) is 0 Å². The number of rotatable bonds is 3. The van der Waals surface area contributed by atoms with Crippen LogP contribution in [-0.2, 0) is 4.79 Å². The maximum absolute atomic E-state index is 12.3. The molecule has 1 aliphatic carbocycles. The van der Waals surface area contributed by atoms with Gasteiger partial charge >= 0.3 is 0 Å². The summed E-state index contributed by atoms with van der Waals surface area (Å²) in [5.74, 6) is 0.187. The number of nitrogens with zero attached hydrogens (tertiary/aromatic N) is 1. The Hall–Kier alpha value is -0.610. The highest BCUT2D eigenvalue weighted by Gasteiger charge is 2.37. The van der Waals surface area contributed by atoms with Crippen molar-refractivity contribution >= 4 is 5.91 Å². The van der Waals surface area contributed by atoms with E-state index in [0.717, 1.165) is 25.8 Å². The molecule has 2 aliphatic heterocycles. The summed E-state index contributed by atoms with van der Waals surface area (Å²) >= 11 is 0. The second-order valence-corrected chi connectivity index (χ2v) is 7.16. The van der Waals surface area contributed by atoms with Gasteiger partial charge in [0.15, 0.2) is 0 Å². The summed E-state index contributed by atoms with van der Waals surface area (Å²) in [6, 6.07) is 0.961. The van der Waals surface area contributed by atoms with Crippen molar-refractivity contribution in [2.75, 3.05) is 13.1 Å². The molecule has 2 heterocycles. The van der Waals surface area contributed by atoms with Crippen molar-refractivity contribution in [2.45, 2.75) is 81.8 Å². The smallest absolute Gasteiger partial charge is 0.222 e. The molecule has 3 aliphatic rings. The number of fused-ring (bicyclic) bond motifs is 1. The number of piperidine rings is 1. The molecule has 4 heteroatoms. The Kier molecular flexibility index (Phi) is 4.32. The second kappa shape index (κ2) is 6.02. The summed E-state index contributed by atoms with van der Waals surface area (Å²) < 4.78 is 0. The summed E-state index contributed by atoms with van der Waals surface area (Å²) in [6.07, 6.45) is 11.2. The van der Waals surface area contributed by atoms with Gasteiger partial charge in [-0.2, -0.15) is 0 Å². The number of nitrogens with one attached hydrogen (secondary N) is 1. The molecule has 3 N–H and O–H groups in total. The minimum absolute atomic E-state index is 0.187. The Morgan fingerprint density at radius 1 is 1.10 bits per heavy atom. The van der Waals surface area contributed by atoms with Gasteiger partial charge in [-0.25, -0.2) is 0 Å². The van der Waals surface area contributed by atoms with E-state index >= 15 is 0 Å². The molecule has 0 aromatic rings. The molecule has 0 bridgehead atoms. The lowest BCUT2D eigenvalue weighted by molar-refractivity contribution is -0.123. The van der Waals surface area contributed by atoms with Crippen LogP contribution in [0.25, 0.3) is 0 Å². The first-order valence-electron chi connectivity index (χ1n) is 8.49. The minimum atomic E-state index is -0.229. The molecule has 2 unspecified atom stereocenters. The summed E-state index contributed by atoms with van der Waals surface area (Å²) in [4.78, 5) is 14.9. The van der Waals surface area contributed by atoms with Crippen molar-refractivity contribution in [2.24, 2.45) is 5.73 Å². The lowest BCUT2D eigenvalue weighted by Gasteiger charge is -2.35. The van der Waals surface area contributed by atoms with Gasteiger partial charge < -0.3 is 11.1 Å². The number of nitrogens with two attached hydrogens (primary N) is 1. The minimum Gasteiger partial charge on any atom is -0.352 e. The predicted molar refractivity (Wildman–Crippen MR) is 80.4 cm³/mol. The Bertz CT molecular complexity index is 352. The van der Waals surface area contributed by atoms with E-state index in [0.29, 0.717) is 18.5 Å². The van der Waals surface area contributed by atoms with E-state index in [4.69, 9.17) is 5.73 Å². The van der Waals surface area contributed by atoms with Crippen molar-refractivity contribution in [3.05, 3.63) is 0 Å². The van der Waals surface area contributed by atoms with Gasteiger partial charge in [-0.05, 0) is 38.6 Å². The van der Waals surface area contributed by atoms with Crippen molar-refractivity contribution in [1.82, 2.24) is 10.2 Å². The Morgan fingerprint density at radius 2 is 1.90 bits per heavy atom. The molecule has 0 aromatic carbocycles. The molecule has 2 saturated heterocycles. The van der Waals surface area contributed by atoms with Crippen LogP contribution in [0.3, 0.4) is 0 Å². The van der Waals surface area contributed by atoms with Crippen LogP contribution in [0.5, 0.6) is 0 Å². The fourth-order valence-electron chi connectivity index (χ4n) is 4.43. The van der Waals surface area contributed by atoms with Crippen LogP contribution in [0.4, 0.5) is 0 Å². The van der Waals surface area contributed by atoms with Gasteiger partial charge in [-0.15, -0.1) is 0 Å². The number of carbonyl (C=O) groups is 1. The molecular weight excluding hydrogens is 250 g/mol. The zero-order chi connectivity index (χ0) is 14.0. The van der Waals surface area contributed by atoms with Gasteiger partial charge in [0.2, 0.25) is 5.91 Å². The van der Waals surface area contributed by atoms with E-state index in [9.17, 15) is 4.79 Å². The average Bonchev–Trinajstić information content (AvgIpc) is 2.82. The van der Waals surface area contributed by atoms with E-state index in [1.807, 2.05) is 0 Å². The van der Waals surface area contributed by atoms with Gasteiger partial charge in [0.1, 0.15) is 0 Å². The van der Waals surface area contributed by atoms with Gasteiger partial charge in [0.25, 0.3) is 0 Å². The van der Waals surface area contributed by atoms with E-state index < -0.39 is 0 Å². The van der Waals surface area contributed by atoms with E-state index in [-0.39, 0.29) is 11.4 Å². The van der Waals surface area contributed by atoms with Gasteiger partial charge in [-0.1, -0.05) is 25.7 Å². The summed E-state index contributed by atoms with van der Waals surface area (Å²) in [6.45, 7) is 2.38. The summed E-state index contributed by atoms with van der Waals surface area (Å²) in [5.41, 5.74) is 6.17. The number of carbonyl (C=O) groups excluding carboxylic acids is 1. The van der Waals surface area contributed by atoms with Gasteiger partial charge in [-0.3, -0.25) is 9.69 Å². The third-order valence-corrected chi connectivity index (χ3v) is 5.56. The SMILES string of the molecule is NC1(CC(=O)NC2CCN3CCCCC23)CCCCC1. The fraction of sp³-hybridized carbons (Fsp3) is 0.938. The number of hydrogen-bond acceptors (Lipinski definition) is 3. The highest BCUT2D eigenvalue weighted by atomic mass is 16.1. The highest BCUT2D eigenvalue weighted by molar-refractivity contribution is 5.77. The molecule has 1 amide bonds. The van der Waals surface area contributed by atoms with Crippen molar-refractivity contribution in [3.8, 4) is 0 Å². The highest BCUT2D eigenvalue weighted by Crippen LogP contribution is 2.30. The van der Waals surface area contributed by atoms with Crippen molar-refractivity contribution in [3.63, 3.8) is 0 Å². The third kappa shape index (κ3) is 3.17. The van der Waals surface area contributed by atoms with E-state index in [2.05, 4.69) is 10.2 Å². The molecule has 3 fully saturated rings. The monoisotopic (exact) mass is 279 g/mol. The van der Waals surface area contributed by atoms with Crippen LogP contribution >= 0.6 is 0 Å². The molecule has 1 saturated carbocycles. The van der Waals surface area contributed by atoms with Crippen LogP contribution in [0.15, 0.2) is 0 Å². The summed E-state index contributed by atoms with van der Waals surface area (Å²) in [7, 11) is 0. The van der Waals surface area contributed by atoms with Gasteiger partial charge in [0, 0.05) is 30.6 Å². The normalized spacial score (nSPS) is 33.6. The van der Waals surface area contributed by atoms with Crippen LogP contribution in [0.2, 0.25) is 0 Å². The first-order chi connectivity index (χ1) is 9.66. The van der Waals surface area contributed by atoms with E-state index in [1.165, 1.54) is 45.1 Å². The first kappa shape index (κ1) is 14.3. The third-order valence-electron chi connectivity index (χ3n) is 5.56. The molecule has 2 atom stereocenters. The lowest BCUT2D eigenvalue weighted by atomic mass is 9.80. The maximum atomic E-state index is 12.3. The Labute approximate surface area is 122 Å². The van der Waals surface area contributed by atoms with Crippen LogP contribution < -0.4 is 11.1 Å². The predicted octanol–water partition coefficient (Wildman–Crippen LogP) is 1.78. The topological polar surface area (TPSA) is 58.4 Å². The Balaban J connectivity index is 1.51. The van der Waals surface area contributed by atoms with Crippen LogP contribution in [0.1, 0.15) is 64.2 Å². The number of amides is 1. The largest absolute Gasteiger partial charge is 0.352 e. The molecule has 20 heavy (non-hydrogen) atoms. The maximum Gasteiger partial charge on any atom is 0.222 e. The fourth-order valence-corrected chi connectivity index (χ4v) is 4.43. The van der Waals surface area contributed by atoms with Crippen LogP contribution in [-0.4, -0.2) is 41.5 Å². The summed E-state index contributed by atoms with van der Waals surface area (Å²) in [5, 5.41) is 3.29. The first-order valence-corrected chi connectivity index (χ1v) is 8.49. The second-order valence-electron chi connectivity index (χ2n) is 7.16. The van der Waals surface area contributed by atoms with Gasteiger partial charge in [0.05, 0.1) is 0 Å². The molecule has 0 radical (unpaired) electrons. The zero-order valence-electron chi connectivity index (χ0n) is 12.6. The quantitative estimate of drug-likeness (QED) is 0.828. The zero-order valence-corrected chi connectivity index (χ0v) is 12.6. The molecule has 3 rings (SSSR count). The molecule has 0 spiro atoms. The van der Waals surface area contributed by atoms with Crippen molar-refractivity contribution < 1.29 is 4.79 Å². The molecule has 114 valence electrons. The molecule has 0 aromatic heterocycles. The molecule has 4 nitrogen and oxygen atoms in total.